The summed E-state index contributed by atoms with van der Waals surface area (Å²) < 4.78 is 20.1. The van der Waals surface area contributed by atoms with E-state index in [1.54, 1.807) is 23.1 Å². The van der Waals surface area contributed by atoms with E-state index < -0.39 is 11.8 Å². The second-order valence-electron chi connectivity index (χ2n) is 8.11. The van der Waals surface area contributed by atoms with Gasteiger partial charge in [-0.2, -0.15) is 0 Å². The van der Waals surface area contributed by atoms with Crippen LogP contribution >= 0.6 is 22.7 Å². The van der Waals surface area contributed by atoms with E-state index in [-0.39, 0.29) is 11.7 Å². The van der Waals surface area contributed by atoms with Gasteiger partial charge in [-0.25, -0.2) is 23.9 Å². The molecule has 1 aliphatic rings. The molecular formula is C26H17FN4O4S2. The number of rotatable bonds is 4. The number of carboxylic acids is 1. The van der Waals surface area contributed by atoms with Crippen LogP contribution in [-0.4, -0.2) is 40.2 Å². The number of nitrogens with one attached hydrogen (secondary N) is 1. The quantitative estimate of drug-likeness (QED) is 0.279. The molecule has 37 heavy (non-hydrogen) atoms. The molecule has 0 unspecified atom stereocenters. The number of carboxylic acid groups (broad SMARTS) is 1. The minimum Gasteiger partial charge on any atom is -0.490 e. The standard InChI is InChI=1S/C26H17FN4O4S2/c27-16-8-5-14(6-9-16)22-21(24(32)33)29-23(37-22)15-7-10-19-18(13-15)31(11-12-35-19)26(34)30-25-28-17-3-1-2-4-20(17)36-25/h1-10,13H,11-12H2,(H,32,33)(H,28,30,34). The summed E-state index contributed by atoms with van der Waals surface area (Å²) in [7, 11) is 0. The summed E-state index contributed by atoms with van der Waals surface area (Å²) >= 11 is 2.57. The van der Waals surface area contributed by atoms with Gasteiger partial charge in [0.1, 0.15) is 23.2 Å². The molecule has 0 radical (unpaired) electrons. The van der Waals surface area contributed by atoms with Crippen molar-refractivity contribution >= 4 is 55.7 Å². The highest BCUT2D eigenvalue weighted by atomic mass is 32.1. The van der Waals surface area contributed by atoms with Gasteiger partial charge in [0.05, 0.1) is 27.3 Å². The molecule has 0 fully saturated rings. The Kier molecular flexibility index (Phi) is 5.78. The van der Waals surface area contributed by atoms with Crippen LogP contribution in [-0.2, 0) is 0 Å². The Bertz CT molecular complexity index is 1630. The summed E-state index contributed by atoms with van der Waals surface area (Å²) in [4.78, 5) is 35.9. The summed E-state index contributed by atoms with van der Waals surface area (Å²) in [6.07, 6.45) is 0. The van der Waals surface area contributed by atoms with Crippen molar-refractivity contribution in [3.05, 3.63) is 78.2 Å². The van der Waals surface area contributed by atoms with Crippen LogP contribution in [0.15, 0.2) is 66.7 Å². The number of thiazole rings is 2. The Hall–Kier alpha value is -4.35. The van der Waals surface area contributed by atoms with Crippen molar-refractivity contribution in [2.24, 2.45) is 0 Å². The highest BCUT2D eigenvalue weighted by molar-refractivity contribution is 7.22. The van der Waals surface area contributed by atoms with E-state index in [2.05, 4.69) is 15.3 Å². The van der Waals surface area contributed by atoms with Gasteiger partial charge in [-0.15, -0.1) is 11.3 Å². The fraction of sp³-hybridized carbons (Fsp3) is 0.0769. The van der Waals surface area contributed by atoms with Crippen LogP contribution in [0.4, 0.5) is 20.0 Å². The number of anilines is 2. The first-order valence-electron chi connectivity index (χ1n) is 11.2. The Labute approximate surface area is 217 Å². The van der Waals surface area contributed by atoms with Gasteiger partial charge < -0.3 is 9.84 Å². The maximum absolute atomic E-state index is 13.4. The Morgan fingerprint density at radius 2 is 1.78 bits per heavy atom. The molecule has 0 spiro atoms. The number of para-hydroxylation sites is 1. The van der Waals surface area contributed by atoms with Crippen LogP contribution < -0.4 is 15.0 Å². The number of aromatic nitrogens is 2. The van der Waals surface area contributed by atoms with Crippen LogP contribution in [0.25, 0.3) is 31.2 Å². The van der Waals surface area contributed by atoms with E-state index in [0.29, 0.717) is 50.7 Å². The number of fused-ring (bicyclic) bond motifs is 2. The van der Waals surface area contributed by atoms with Crippen molar-refractivity contribution in [1.29, 1.82) is 0 Å². The number of halogens is 1. The zero-order valence-electron chi connectivity index (χ0n) is 19.0. The molecule has 2 N–H and O–H groups in total. The average Bonchev–Trinajstić information content (AvgIpc) is 3.53. The van der Waals surface area contributed by atoms with Gasteiger partial charge in [-0.05, 0) is 48.0 Å². The summed E-state index contributed by atoms with van der Waals surface area (Å²) in [5, 5.41) is 13.5. The summed E-state index contributed by atoms with van der Waals surface area (Å²) in [6.45, 7) is 0.654. The van der Waals surface area contributed by atoms with Crippen LogP contribution in [0.1, 0.15) is 10.5 Å². The molecule has 3 aromatic carbocycles. The lowest BCUT2D eigenvalue weighted by molar-refractivity contribution is 0.0692. The molecule has 0 saturated heterocycles. The van der Waals surface area contributed by atoms with E-state index in [1.807, 2.05) is 24.3 Å². The number of carbonyl (C=O) groups excluding carboxylic acids is 1. The van der Waals surface area contributed by atoms with Gasteiger partial charge in [0, 0.05) is 5.56 Å². The molecule has 5 aromatic rings. The molecule has 6 rings (SSSR count). The number of ether oxygens (including phenoxy) is 1. The fourth-order valence-electron chi connectivity index (χ4n) is 4.03. The minimum absolute atomic E-state index is 0.119. The van der Waals surface area contributed by atoms with E-state index in [0.717, 1.165) is 10.2 Å². The first-order valence-corrected chi connectivity index (χ1v) is 12.8. The zero-order chi connectivity index (χ0) is 25.5. The summed E-state index contributed by atoms with van der Waals surface area (Å²) in [5.74, 6) is -1.06. The molecule has 0 saturated carbocycles. The molecule has 3 heterocycles. The molecule has 2 amide bonds. The van der Waals surface area contributed by atoms with E-state index in [1.165, 1.54) is 46.9 Å². The maximum atomic E-state index is 13.4. The molecule has 184 valence electrons. The first kappa shape index (κ1) is 23.1. The largest absolute Gasteiger partial charge is 0.490 e. The van der Waals surface area contributed by atoms with Gasteiger partial charge in [0.2, 0.25) is 0 Å². The second kappa shape index (κ2) is 9.26. The number of hydrogen-bond donors (Lipinski definition) is 2. The number of amides is 2. The van der Waals surface area contributed by atoms with Crippen LogP contribution in [0.2, 0.25) is 0 Å². The van der Waals surface area contributed by atoms with Gasteiger partial charge in [0.15, 0.2) is 10.8 Å². The Morgan fingerprint density at radius 3 is 2.57 bits per heavy atom. The lowest BCUT2D eigenvalue weighted by Gasteiger charge is -2.29. The lowest BCUT2D eigenvalue weighted by atomic mass is 10.1. The van der Waals surface area contributed by atoms with Crippen LogP contribution in [0.3, 0.4) is 0 Å². The SMILES string of the molecule is O=C(O)c1nc(-c2ccc3c(c2)N(C(=O)Nc2nc4ccccc4s2)CCO3)sc1-c1ccc(F)cc1. The van der Waals surface area contributed by atoms with E-state index in [9.17, 15) is 19.1 Å². The fourth-order valence-corrected chi connectivity index (χ4v) is 5.95. The van der Waals surface area contributed by atoms with Crippen molar-refractivity contribution in [3.63, 3.8) is 0 Å². The topological polar surface area (TPSA) is 105 Å². The number of carbonyl (C=O) groups is 2. The molecule has 0 bridgehead atoms. The summed E-state index contributed by atoms with van der Waals surface area (Å²) in [6, 6.07) is 18.2. The van der Waals surface area contributed by atoms with Crippen molar-refractivity contribution < 1.29 is 23.8 Å². The molecule has 0 aliphatic carbocycles. The number of urea groups is 1. The minimum atomic E-state index is -1.18. The molecule has 1 aliphatic heterocycles. The predicted molar refractivity (Wildman–Crippen MR) is 141 cm³/mol. The molecule has 2 aromatic heterocycles. The third kappa shape index (κ3) is 4.39. The second-order valence-corrected chi connectivity index (χ2v) is 10.1. The molecule has 8 nitrogen and oxygen atoms in total. The Morgan fingerprint density at radius 1 is 1.00 bits per heavy atom. The Balaban J connectivity index is 1.33. The van der Waals surface area contributed by atoms with Crippen molar-refractivity contribution in [2.45, 2.75) is 0 Å². The van der Waals surface area contributed by atoms with Gasteiger partial charge in [0.25, 0.3) is 0 Å². The maximum Gasteiger partial charge on any atom is 0.356 e. The molecule has 0 atom stereocenters. The first-order chi connectivity index (χ1) is 18.0. The monoisotopic (exact) mass is 532 g/mol. The van der Waals surface area contributed by atoms with Gasteiger partial charge in [-0.1, -0.05) is 35.6 Å². The average molecular weight is 533 g/mol. The van der Waals surface area contributed by atoms with Crippen molar-refractivity contribution in [1.82, 2.24) is 9.97 Å². The molecule has 11 heteroatoms. The summed E-state index contributed by atoms with van der Waals surface area (Å²) in [5.41, 5.74) is 2.41. The zero-order valence-corrected chi connectivity index (χ0v) is 20.6. The lowest BCUT2D eigenvalue weighted by Crippen LogP contribution is -2.40. The number of aromatic carboxylic acids is 1. The normalized spacial score (nSPS) is 12.7. The van der Waals surface area contributed by atoms with Gasteiger partial charge in [-0.3, -0.25) is 10.2 Å². The third-order valence-corrected chi connectivity index (χ3v) is 7.86. The highest BCUT2D eigenvalue weighted by Gasteiger charge is 2.27. The van der Waals surface area contributed by atoms with Crippen molar-refractivity contribution in [2.75, 3.05) is 23.4 Å². The number of nitrogens with zero attached hydrogens (tertiary/aromatic N) is 3. The van der Waals surface area contributed by atoms with Crippen LogP contribution in [0.5, 0.6) is 5.75 Å². The number of hydrogen-bond acceptors (Lipinski definition) is 7. The van der Waals surface area contributed by atoms with E-state index in [4.69, 9.17) is 4.74 Å². The van der Waals surface area contributed by atoms with Crippen LogP contribution in [0, 0.1) is 5.82 Å². The van der Waals surface area contributed by atoms with Gasteiger partial charge >= 0.3 is 12.0 Å². The predicted octanol–water partition coefficient (Wildman–Crippen LogP) is 6.36. The number of benzene rings is 3. The third-order valence-electron chi connectivity index (χ3n) is 5.76. The van der Waals surface area contributed by atoms with Crippen molar-refractivity contribution in [3.8, 4) is 26.8 Å². The highest BCUT2D eigenvalue weighted by Crippen LogP contribution is 2.40. The van der Waals surface area contributed by atoms with E-state index >= 15 is 0 Å². The molecular weight excluding hydrogens is 515 g/mol. The smallest absolute Gasteiger partial charge is 0.356 e.